The molecule has 1 heterocycles. The van der Waals surface area contributed by atoms with Gasteiger partial charge >= 0.3 is 31.1 Å². The van der Waals surface area contributed by atoms with Gasteiger partial charge in [0.25, 0.3) is 0 Å². The van der Waals surface area contributed by atoms with E-state index in [4.69, 9.17) is 9.47 Å². The van der Waals surface area contributed by atoms with Crippen LogP contribution in [0.25, 0.3) is 0 Å². The molecule has 0 spiro atoms. The monoisotopic (exact) mass is 463 g/mol. The van der Waals surface area contributed by atoms with Gasteiger partial charge in [0.2, 0.25) is 0 Å². The van der Waals surface area contributed by atoms with Crippen molar-refractivity contribution in [2.45, 2.75) is 55.3 Å². The second kappa shape index (κ2) is 7.89. The zero-order valence-electron chi connectivity index (χ0n) is 14.4. The second-order valence-electron chi connectivity index (χ2n) is 6.49. The van der Waals surface area contributed by atoms with E-state index >= 15 is 0 Å². The Morgan fingerprint density at radius 2 is 1.25 bits per heavy atom. The number of alkyl halides is 6. The molecule has 0 atom stereocenters. The molecule has 2 aliphatic rings. The summed E-state index contributed by atoms with van der Waals surface area (Å²) < 4.78 is 133. The summed E-state index contributed by atoms with van der Waals surface area (Å²) in [5, 5.41) is 0. The van der Waals surface area contributed by atoms with E-state index in [0.29, 0.717) is 12.8 Å². The summed E-state index contributed by atoms with van der Waals surface area (Å²) in [6.07, 6.45) is 2.57. The summed E-state index contributed by atoms with van der Waals surface area (Å²) in [6.45, 7) is -1.59. The Kier molecular flexibility index (Phi) is 6.66. The van der Waals surface area contributed by atoms with Gasteiger partial charge in [-0.3, -0.25) is 0 Å². The molecule has 1 saturated carbocycles. The van der Waals surface area contributed by atoms with Crippen molar-refractivity contribution in [2.24, 2.45) is 5.92 Å². The van der Waals surface area contributed by atoms with Crippen molar-refractivity contribution in [1.29, 1.82) is 0 Å². The van der Waals surface area contributed by atoms with Gasteiger partial charge in [0.1, 0.15) is 0 Å². The molecule has 7 nitrogen and oxygen atoms in total. The quantitative estimate of drug-likeness (QED) is 0.563. The van der Waals surface area contributed by atoms with Crippen molar-refractivity contribution < 1.29 is 52.7 Å². The van der Waals surface area contributed by atoms with Crippen LogP contribution in [0.5, 0.6) is 0 Å². The first-order valence-corrected chi connectivity index (χ1v) is 11.2. The normalized spacial score (nSPS) is 22.7. The van der Waals surface area contributed by atoms with E-state index in [2.05, 4.69) is 0 Å². The maximum atomic E-state index is 12.8. The predicted octanol–water partition coefficient (Wildman–Crippen LogP) is 2.70. The highest BCUT2D eigenvalue weighted by atomic mass is 32.3. The average Bonchev–Trinajstić information content (AvgIpc) is 3.03. The zero-order valence-corrected chi connectivity index (χ0v) is 16.1. The first-order valence-electron chi connectivity index (χ1n) is 8.33. The van der Waals surface area contributed by atoms with Crippen LogP contribution >= 0.6 is 0 Å². The number of rotatable bonds is 6. The Labute approximate surface area is 158 Å². The van der Waals surface area contributed by atoms with Crippen LogP contribution in [0.3, 0.4) is 0 Å². The summed E-state index contributed by atoms with van der Waals surface area (Å²) >= 11 is 0. The number of halogens is 6. The SMILES string of the molecule is O=S(=O)(N(CCC1(C2CCCCC2)OCCO1)S(=O)(=O)C(F)(F)F)C(F)(F)F. The lowest BCUT2D eigenvalue weighted by Gasteiger charge is -2.38. The molecule has 0 N–H and O–H groups in total. The highest BCUT2D eigenvalue weighted by molar-refractivity contribution is 8.04. The summed E-state index contributed by atoms with van der Waals surface area (Å²) in [5.74, 6) is -2.02. The van der Waals surface area contributed by atoms with E-state index in [1.165, 1.54) is 0 Å². The molecule has 2 rings (SSSR count). The number of hydrogen-bond donors (Lipinski definition) is 0. The fraction of sp³-hybridized carbons (Fsp3) is 1.00. The van der Waals surface area contributed by atoms with Gasteiger partial charge in [0, 0.05) is 18.9 Å². The number of sulfonamides is 2. The lowest BCUT2D eigenvalue weighted by Crippen LogP contribution is -2.52. The second-order valence-corrected chi connectivity index (χ2v) is 10.4. The van der Waals surface area contributed by atoms with Crippen molar-refractivity contribution in [3.63, 3.8) is 0 Å². The third kappa shape index (κ3) is 4.42. The van der Waals surface area contributed by atoms with Crippen LogP contribution in [0.15, 0.2) is 0 Å². The summed E-state index contributed by atoms with van der Waals surface area (Å²) in [7, 11) is -13.6. The first kappa shape index (κ1) is 23.6. The molecular weight excluding hydrogens is 444 g/mol. The minimum Gasteiger partial charge on any atom is -0.347 e. The Bertz CT molecular complexity index is 707. The molecule has 0 amide bonds. The molecule has 1 saturated heterocycles. The van der Waals surface area contributed by atoms with E-state index in [9.17, 15) is 43.2 Å². The van der Waals surface area contributed by atoms with Gasteiger partial charge in [-0.2, -0.15) is 26.3 Å². The van der Waals surface area contributed by atoms with E-state index in [1.54, 1.807) is 0 Å². The number of nitrogens with zero attached hydrogens (tertiary/aromatic N) is 1. The topological polar surface area (TPSA) is 90.0 Å². The average molecular weight is 463 g/mol. The smallest absolute Gasteiger partial charge is 0.347 e. The molecule has 1 aliphatic carbocycles. The van der Waals surface area contributed by atoms with Crippen LogP contribution in [0.4, 0.5) is 26.3 Å². The van der Waals surface area contributed by atoms with Gasteiger partial charge in [-0.1, -0.05) is 23.0 Å². The van der Waals surface area contributed by atoms with Crippen LogP contribution in [0.1, 0.15) is 38.5 Å². The standard InChI is InChI=1S/C13H19F6NO6S2/c14-12(15,16)27(21,22)20(28(23,24)13(17,18)19)7-6-11(25-8-9-26-11)10-4-2-1-3-5-10/h10H,1-9H2. The third-order valence-electron chi connectivity index (χ3n) is 4.77. The van der Waals surface area contributed by atoms with Crippen LogP contribution in [0, 0.1) is 5.92 Å². The van der Waals surface area contributed by atoms with Gasteiger partial charge in [-0.25, -0.2) is 16.8 Å². The molecule has 2 fully saturated rings. The fourth-order valence-corrected chi connectivity index (χ4v) is 6.11. The molecular formula is C13H19F6NO6S2. The molecule has 1 aliphatic heterocycles. The zero-order chi connectivity index (χ0) is 21.4. The molecule has 0 bridgehead atoms. The van der Waals surface area contributed by atoms with Gasteiger partial charge in [0.05, 0.1) is 13.2 Å². The fourth-order valence-electron chi connectivity index (χ4n) is 3.44. The molecule has 15 heteroatoms. The van der Waals surface area contributed by atoms with Crippen LogP contribution in [-0.2, 0) is 29.5 Å². The summed E-state index contributed by atoms with van der Waals surface area (Å²) in [6, 6.07) is 0. The lowest BCUT2D eigenvalue weighted by molar-refractivity contribution is -0.206. The van der Waals surface area contributed by atoms with E-state index in [1.807, 2.05) is 0 Å². The maximum Gasteiger partial charge on any atom is 0.512 e. The Balaban J connectivity index is 2.37. The van der Waals surface area contributed by atoms with Crippen molar-refractivity contribution in [1.82, 2.24) is 3.71 Å². The van der Waals surface area contributed by atoms with Crippen molar-refractivity contribution in [2.75, 3.05) is 19.8 Å². The highest BCUT2D eigenvalue weighted by Crippen LogP contribution is 2.42. The van der Waals surface area contributed by atoms with Gasteiger partial charge in [0.15, 0.2) is 5.79 Å². The van der Waals surface area contributed by atoms with Crippen molar-refractivity contribution in [3.8, 4) is 0 Å². The van der Waals surface area contributed by atoms with E-state index < -0.39 is 59.4 Å². The molecule has 0 radical (unpaired) electrons. The number of hydrogen-bond acceptors (Lipinski definition) is 6. The largest absolute Gasteiger partial charge is 0.512 e. The van der Waals surface area contributed by atoms with E-state index in [0.717, 1.165) is 19.3 Å². The lowest BCUT2D eigenvalue weighted by atomic mass is 9.81. The van der Waals surface area contributed by atoms with Crippen molar-refractivity contribution in [3.05, 3.63) is 0 Å². The Hall–Kier alpha value is -0.640. The molecule has 28 heavy (non-hydrogen) atoms. The number of ether oxygens (including phenoxy) is 2. The van der Waals surface area contributed by atoms with Crippen LogP contribution in [0.2, 0.25) is 0 Å². The minimum absolute atomic E-state index is 0.00847. The van der Waals surface area contributed by atoms with Gasteiger partial charge in [-0.05, 0) is 12.8 Å². The first-order chi connectivity index (χ1) is 12.7. The van der Waals surface area contributed by atoms with Crippen LogP contribution < -0.4 is 0 Å². The minimum atomic E-state index is -6.81. The molecule has 0 aromatic rings. The Morgan fingerprint density at radius 3 is 1.64 bits per heavy atom. The molecule has 0 aromatic carbocycles. The van der Waals surface area contributed by atoms with Gasteiger partial charge in [-0.15, -0.1) is 0 Å². The van der Waals surface area contributed by atoms with Gasteiger partial charge < -0.3 is 9.47 Å². The predicted molar refractivity (Wildman–Crippen MR) is 82.5 cm³/mol. The Morgan fingerprint density at radius 1 is 0.821 bits per heavy atom. The van der Waals surface area contributed by atoms with Crippen molar-refractivity contribution >= 4 is 20.0 Å². The van der Waals surface area contributed by atoms with Crippen LogP contribution in [-0.4, -0.2) is 57.1 Å². The molecule has 0 unspecified atom stereocenters. The molecule has 0 aromatic heterocycles. The third-order valence-corrected chi connectivity index (χ3v) is 8.55. The summed E-state index contributed by atoms with van der Waals surface area (Å²) in [4.78, 5) is 0. The van der Waals surface area contributed by atoms with E-state index in [-0.39, 0.29) is 13.2 Å². The maximum absolute atomic E-state index is 12.8. The summed E-state index contributed by atoms with van der Waals surface area (Å²) in [5.41, 5.74) is -12.5. The highest BCUT2D eigenvalue weighted by Gasteiger charge is 2.62. The molecule has 166 valence electrons.